The predicted molar refractivity (Wildman–Crippen MR) is 140 cm³/mol. The van der Waals surface area contributed by atoms with Crippen LogP contribution in [0.25, 0.3) is 0 Å². The summed E-state index contributed by atoms with van der Waals surface area (Å²) in [6.45, 7) is 7.30. The van der Waals surface area contributed by atoms with Crippen molar-refractivity contribution >= 4 is 57.9 Å². The molecule has 0 spiro atoms. The van der Waals surface area contributed by atoms with Gasteiger partial charge in [0.2, 0.25) is 5.91 Å². The topological polar surface area (TPSA) is 54.4 Å². The van der Waals surface area contributed by atoms with Gasteiger partial charge in [0.05, 0.1) is 11.5 Å². The number of amides is 1. The number of guanidine groups is 1. The molecule has 1 aromatic heterocycles. The van der Waals surface area contributed by atoms with Crippen LogP contribution >= 0.6 is 35.3 Å². The van der Waals surface area contributed by atoms with Crippen LogP contribution in [0.3, 0.4) is 0 Å². The molecular formula is C22H31IN6OS. The van der Waals surface area contributed by atoms with Crippen molar-refractivity contribution in [1.29, 1.82) is 0 Å². The minimum Gasteiger partial charge on any atom is -0.368 e. The molecule has 7 nitrogen and oxygen atoms in total. The molecule has 2 aliphatic rings. The molecular weight excluding hydrogens is 523 g/mol. The maximum Gasteiger partial charge on any atom is 0.242 e. The second kappa shape index (κ2) is 11.6. The van der Waals surface area contributed by atoms with Crippen molar-refractivity contribution in [3.05, 3.63) is 47.8 Å². The standard InChI is InChI=1S/C22H30N6OS.HI/c1-23-22(28-15-13-27(14-16-28)21-8-5-17-30-21)24-18-20(29)26-11-9-25(10-12-26)19-6-3-2-4-7-19;/h2-8,17H,9-16,18H2,1H3,(H,23,24);1H. The van der Waals surface area contributed by atoms with E-state index in [9.17, 15) is 4.79 Å². The average Bonchev–Trinajstić information content (AvgIpc) is 3.35. The molecule has 4 rings (SSSR count). The molecule has 2 fully saturated rings. The Labute approximate surface area is 205 Å². The maximum absolute atomic E-state index is 12.7. The van der Waals surface area contributed by atoms with Gasteiger partial charge in [-0.1, -0.05) is 18.2 Å². The Morgan fingerprint density at radius 2 is 1.55 bits per heavy atom. The van der Waals surface area contributed by atoms with Crippen LogP contribution < -0.4 is 15.1 Å². The number of anilines is 2. The van der Waals surface area contributed by atoms with Gasteiger partial charge in [0.1, 0.15) is 0 Å². The summed E-state index contributed by atoms with van der Waals surface area (Å²) in [5.41, 5.74) is 1.23. The first-order chi connectivity index (χ1) is 14.7. The molecule has 1 amide bonds. The molecule has 31 heavy (non-hydrogen) atoms. The number of thiophene rings is 1. The Kier molecular flexibility index (Phi) is 8.82. The minimum atomic E-state index is 0. The molecule has 1 N–H and O–H groups in total. The highest BCUT2D eigenvalue weighted by Gasteiger charge is 2.23. The van der Waals surface area contributed by atoms with Crippen molar-refractivity contribution in [3.63, 3.8) is 0 Å². The zero-order chi connectivity index (χ0) is 20.8. The monoisotopic (exact) mass is 554 g/mol. The average molecular weight is 555 g/mol. The van der Waals surface area contributed by atoms with E-state index in [-0.39, 0.29) is 29.9 Å². The highest BCUT2D eigenvalue weighted by atomic mass is 127. The lowest BCUT2D eigenvalue weighted by molar-refractivity contribution is -0.130. The van der Waals surface area contributed by atoms with E-state index in [0.717, 1.165) is 58.3 Å². The lowest BCUT2D eigenvalue weighted by Gasteiger charge is -2.38. The van der Waals surface area contributed by atoms with Gasteiger partial charge < -0.3 is 24.9 Å². The SMILES string of the molecule is CN=C(NCC(=O)N1CCN(c2ccccc2)CC1)N1CCN(c2cccs2)CC1.I. The second-order valence-electron chi connectivity index (χ2n) is 7.53. The van der Waals surface area contributed by atoms with Crippen LogP contribution in [0.15, 0.2) is 52.8 Å². The van der Waals surface area contributed by atoms with Crippen molar-refractivity contribution in [3.8, 4) is 0 Å². The van der Waals surface area contributed by atoms with Gasteiger partial charge in [-0.2, -0.15) is 0 Å². The number of benzene rings is 1. The van der Waals surface area contributed by atoms with Crippen LogP contribution in [0.4, 0.5) is 10.7 Å². The summed E-state index contributed by atoms with van der Waals surface area (Å²) in [5.74, 6) is 0.957. The number of rotatable bonds is 4. The van der Waals surface area contributed by atoms with Crippen molar-refractivity contribution in [2.45, 2.75) is 0 Å². The summed E-state index contributed by atoms with van der Waals surface area (Å²) in [5, 5.41) is 6.72. The number of halogens is 1. The van der Waals surface area contributed by atoms with Gasteiger partial charge in [0.15, 0.2) is 5.96 Å². The third-order valence-corrected chi connectivity index (χ3v) is 6.69. The summed E-state index contributed by atoms with van der Waals surface area (Å²) >= 11 is 1.78. The number of para-hydroxylation sites is 1. The maximum atomic E-state index is 12.7. The first kappa shape index (κ1) is 23.6. The van der Waals surface area contributed by atoms with Crippen molar-refractivity contribution in [1.82, 2.24) is 15.1 Å². The molecule has 2 aliphatic heterocycles. The van der Waals surface area contributed by atoms with E-state index < -0.39 is 0 Å². The molecule has 9 heteroatoms. The largest absolute Gasteiger partial charge is 0.368 e. The molecule has 0 atom stereocenters. The Balaban J connectivity index is 0.00000272. The molecule has 0 unspecified atom stereocenters. The van der Waals surface area contributed by atoms with Crippen molar-refractivity contribution in [2.24, 2.45) is 4.99 Å². The Morgan fingerprint density at radius 3 is 2.16 bits per heavy atom. The fourth-order valence-corrected chi connectivity index (χ4v) is 4.83. The van der Waals surface area contributed by atoms with E-state index in [0.29, 0.717) is 6.54 Å². The van der Waals surface area contributed by atoms with Crippen LogP contribution in [-0.2, 0) is 4.79 Å². The zero-order valence-corrected chi connectivity index (χ0v) is 21.1. The summed E-state index contributed by atoms with van der Waals surface area (Å²) in [6, 6.07) is 14.7. The Morgan fingerprint density at radius 1 is 0.903 bits per heavy atom. The van der Waals surface area contributed by atoms with E-state index in [1.165, 1.54) is 10.7 Å². The van der Waals surface area contributed by atoms with Gasteiger partial charge >= 0.3 is 0 Å². The minimum absolute atomic E-state index is 0. The number of hydrogen-bond acceptors (Lipinski definition) is 5. The van der Waals surface area contributed by atoms with Gasteiger partial charge in [0.25, 0.3) is 0 Å². The molecule has 3 heterocycles. The van der Waals surface area contributed by atoms with E-state index >= 15 is 0 Å². The number of carbonyl (C=O) groups is 1. The number of carbonyl (C=O) groups excluding carboxylic acids is 1. The van der Waals surface area contributed by atoms with E-state index in [1.54, 1.807) is 18.4 Å². The van der Waals surface area contributed by atoms with Gasteiger partial charge in [-0.15, -0.1) is 35.3 Å². The summed E-state index contributed by atoms with van der Waals surface area (Å²) in [6.07, 6.45) is 0. The molecule has 2 aromatic rings. The number of aliphatic imine (C=N–C) groups is 1. The van der Waals surface area contributed by atoms with E-state index in [4.69, 9.17) is 0 Å². The van der Waals surface area contributed by atoms with Crippen LogP contribution in [0.5, 0.6) is 0 Å². The van der Waals surface area contributed by atoms with Gasteiger partial charge in [-0.25, -0.2) is 0 Å². The Hall–Kier alpha value is -2.01. The zero-order valence-electron chi connectivity index (χ0n) is 17.9. The number of nitrogens with one attached hydrogen (secondary N) is 1. The third kappa shape index (κ3) is 6.03. The van der Waals surface area contributed by atoms with E-state index in [1.807, 2.05) is 11.0 Å². The molecule has 2 saturated heterocycles. The predicted octanol–water partition coefficient (Wildman–Crippen LogP) is 2.41. The second-order valence-corrected chi connectivity index (χ2v) is 8.46. The highest BCUT2D eigenvalue weighted by Crippen LogP contribution is 2.22. The molecule has 0 saturated carbocycles. The van der Waals surface area contributed by atoms with Crippen molar-refractivity contribution < 1.29 is 4.79 Å². The molecule has 0 bridgehead atoms. The lowest BCUT2D eigenvalue weighted by Crippen LogP contribution is -2.55. The summed E-state index contributed by atoms with van der Waals surface area (Å²) < 4.78 is 0. The summed E-state index contributed by atoms with van der Waals surface area (Å²) in [7, 11) is 1.79. The van der Waals surface area contributed by atoms with Crippen LogP contribution in [0.2, 0.25) is 0 Å². The van der Waals surface area contributed by atoms with Gasteiger partial charge in [-0.05, 0) is 29.6 Å². The highest BCUT2D eigenvalue weighted by molar-refractivity contribution is 14.0. The number of hydrogen-bond donors (Lipinski definition) is 1. The fraction of sp³-hybridized carbons (Fsp3) is 0.455. The normalized spacial score (nSPS) is 17.4. The quantitative estimate of drug-likeness (QED) is 0.358. The van der Waals surface area contributed by atoms with Gasteiger partial charge in [0, 0.05) is 65.1 Å². The number of nitrogens with zero attached hydrogens (tertiary/aromatic N) is 5. The van der Waals surface area contributed by atoms with Gasteiger partial charge in [-0.3, -0.25) is 9.79 Å². The third-order valence-electron chi connectivity index (χ3n) is 5.76. The first-order valence-electron chi connectivity index (χ1n) is 10.6. The molecule has 168 valence electrons. The number of piperazine rings is 2. The fourth-order valence-electron chi connectivity index (χ4n) is 4.04. The molecule has 0 aliphatic carbocycles. The van der Waals surface area contributed by atoms with Crippen molar-refractivity contribution in [2.75, 3.05) is 75.8 Å². The smallest absolute Gasteiger partial charge is 0.242 e. The summed E-state index contributed by atoms with van der Waals surface area (Å²) in [4.78, 5) is 26.1. The van der Waals surface area contributed by atoms with Crippen LogP contribution in [-0.4, -0.2) is 87.6 Å². The lowest BCUT2D eigenvalue weighted by atomic mass is 10.2. The molecule has 0 radical (unpaired) electrons. The molecule has 1 aromatic carbocycles. The Bertz CT molecular complexity index is 831. The van der Waals surface area contributed by atoms with E-state index in [2.05, 4.69) is 66.8 Å². The first-order valence-corrected chi connectivity index (χ1v) is 11.4. The van der Waals surface area contributed by atoms with Crippen LogP contribution in [0.1, 0.15) is 0 Å². The van der Waals surface area contributed by atoms with Crippen LogP contribution in [0, 0.1) is 0 Å².